The van der Waals surface area contributed by atoms with Crippen molar-refractivity contribution in [1.29, 1.82) is 0 Å². The molecule has 1 saturated heterocycles. The van der Waals surface area contributed by atoms with Gasteiger partial charge in [0.05, 0.1) is 0 Å². The van der Waals surface area contributed by atoms with Crippen LogP contribution in [0.25, 0.3) is 10.8 Å². The smallest absolute Gasteiger partial charge is 0.245 e. The Hall–Kier alpha value is -7.61. The van der Waals surface area contributed by atoms with Crippen LogP contribution in [-0.2, 0) is 57.6 Å². The normalized spacial score (nSPS) is 15.6. The number of halogens is 1. The van der Waals surface area contributed by atoms with Gasteiger partial charge in [0.25, 0.3) is 0 Å². The molecule has 2 heterocycles. The van der Waals surface area contributed by atoms with E-state index in [0.717, 1.165) is 16.3 Å². The highest BCUT2D eigenvalue weighted by Crippen LogP contribution is 2.21. The molecule has 0 bridgehead atoms. The second-order valence-electron chi connectivity index (χ2n) is 18.2. The molecule has 1 aliphatic rings. The van der Waals surface area contributed by atoms with E-state index in [9.17, 15) is 38.4 Å². The van der Waals surface area contributed by atoms with E-state index in [2.05, 4.69) is 41.9 Å². The molecule has 3 aromatic carbocycles. The van der Waals surface area contributed by atoms with Crippen molar-refractivity contribution in [3.05, 3.63) is 113 Å². The number of pyridine rings is 1. The van der Waals surface area contributed by atoms with E-state index in [-0.39, 0.29) is 57.6 Å². The third-order valence-electron chi connectivity index (χ3n) is 12.4. The molecular formula is C52H67ClN12O8. The Kier molecular flexibility index (Phi) is 21.5. The molecule has 0 aliphatic carbocycles. The quantitative estimate of drug-likeness (QED) is 0.0247. The summed E-state index contributed by atoms with van der Waals surface area (Å²) in [7, 11) is 0. The fraction of sp³-hybridized carbons (Fsp3) is 0.423. The first-order valence-electron chi connectivity index (χ1n) is 24.5. The van der Waals surface area contributed by atoms with Gasteiger partial charge in [-0.3, -0.25) is 48.3 Å². The number of nitrogens with two attached hydrogens (primary N) is 3. The number of rotatable bonds is 26. The number of nitrogens with one attached hydrogen (secondary N) is 6. The van der Waals surface area contributed by atoms with Gasteiger partial charge in [0.2, 0.25) is 47.3 Å². The van der Waals surface area contributed by atoms with Gasteiger partial charge < -0.3 is 54.0 Å². The predicted molar refractivity (Wildman–Crippen MR) is 277 cm³/mol. The monoisotopic (exact) mass is 1020 g/mol. The zero-order valence-corrected chi connectivity index (χ0v) is 42.2. The minimum atomic E-state index is -1.35. The molecule has 1 fully saturated rings. The summed E-state index contributed by atoms with van der Waals surface area (Å²) in [6.45, 7) is 4.96. The Morgan fingerprint density at radius 1 is 0.685 bits per heavy atom. The lowest BCUT2D eigenvalue weighted by atomic mass is 9.99. The molecule has 4 aromatic rings. The highest BCUT2D eigenvalue weighted by molar-refractivity contribution is 6.30. The van der Waals surface area contributed by atoms with E-state index in [1.807, 2.05) is 49.4 Å². The van der Waals surface area contributed by atoms with Crippen LogP contribution in [0.3, 0.4) is 0 Å². The van der Waals surface area contributed by atoms with Gasteiger partial charge in [-0.05, 0) is 85.2 Å². The van der Waals surface area contributed by atoms with Gasteiger partial charge in [-0.25, -0.2) is 0 Å². The van der Waals surface area contributed by atoms with Gasteiger partial charge in [-0.1, -0.05) is 92.0 Å². The van der Waals surface area contributed by atoms with E-state index in [1.54, 1.807) is 42.5 Å². The molecule has 73 heavy (non-hydrogen) atoms. The Labute approximate surface area is 429 Å². The van der Waals surface area contributed by atoms with Crippen molar-refractivity contribution in [2.75, 3.05) is 13.1 Å². The number of unbranched alkanes of at least 4 members (excludes halogenated alkanes) is 1. The molecule has 21 heteroatoms. The first-order chi connectivity index (χ1) is 34.9. The predicted octanol–water partition coefficient (Wildman–Crippen LogP) is 1.58. The molecular weight excluding hydrogens is 956 g/mol. The number of likely N-dealkylation sites (tertiary alicyclic amines) is 1. The van der Waals surface area contributed by atoms with Crippen LogP contribution in [0.4, 0.5) is 0 Å². The van der Waals surface area contributed by atoms with Crippen molar-refractivity contribution >= 4 is 75.6 Å². The van der Waals surface area contributed by atoms with Crippen LogP contribution in [0.2, 0.25) is 5.02 Å². The zero-order chi connectivity index (χ0) is 53.0. The summed E-state index contributed by atoms with van der Waals surface area (Å²) in [5, 5.41) is 18.9. The molecule has 1 aromatic heterocycles. The van der Waals surface area contributed by atoms with Crippen LogP contribution < -0.4 is 49.1 Å². The largest absolute Gasteiger partial charge is 0.370 e. The number of aliphatic imine (C=N–C) groups is 1. The summed E-state index contributed by atoms with van der Waals surface area (Å²) in [5.41, 5.74) is 18.3. The van der Waals surface area contributed by atoms with E-state index >= 15 is 0 Å². The number of benzene rings is 3. The number of hydrogen-bond donors (Lipinski definition) is 9. The lowest BCUT2D eigenvalue weighted by Gasteiger charge is -2.30. The number of guanidine groups is 1. The van der Waals surface area contributed by atoms with Gasteiger partial charge in [0, 0.05) is 56.2 Å². The van der Waals surface area contributed by atoms with Crippen molar-refractivity contribution in [2.24, 2.45) is 22.2 Å². The number of amides is 8. The number of primary amides is 1. The van der Waals surface area contributed by atoms with Crippen LogP contribution in [0.1, 0.15) is 82.5 Å². The van der Waals surface area contributed by atoms with Crippen LogP contribution in [-0.4, -0.2) is 118 Å². The third kappa shape index (κ3) is 17.6. The van der Waals surface area contributed by atoms with Gasteiger partial charge >= 0.3 is 0 Å². The number of hydrogen-bond acceptors (Lipinski definition) is 10. The van der Waals surface area contributed by atoms with Crippen LogP contribution in [0.15, 0.2) is 96.1 Å². The van der Waals surface area contributed by atoms with Gasteiger partial charge in [0.15, 0.2) is 5.96 Å². The van der Waals surface area contributed by atoms with Crippen molar-refractivity contribution in [2.45, 2.75) is 127 Å². The summed E-state index contributed by atoms with van der Waals surface area (Å²) in [4.78, 5) is 119. The van der Waals surface area contributed by atoms with Gasteiger partial charge in [0.1, 0.15) is 42.3 Å². The maximum atomic E-state index is 14.6. The third-order valence-corrected chi connectivity index (χ3v) is 12.6. The summed E-state index contributed by atoms with van der Waals surface area (Å²) in [6.07, 6.45) is 3.82. The summed E-state index contributed by atoms with van der Waals surface area (Å²) in [6, 6.07) is 17.1. The van der Waals surface area contributed by atoms with Crippen molar-refractivity contribution in [1.82, 2.24) is 41.8 Å². The fourth-order valence-corrected chi connectivity index (χ4v) is 8.60. The van der Waals surface area contributed by atoms with E-state index in [4.69, 9.17) is 28.8 Å². The maximum Gasteiger partial charge on any atom is 0.245 e. The number of fused-ring (bicyclic) bond motifs is 1. The average molecular weight is 1020 g/mol. The van der Waals surface area contributed by atoms with Crippen LogP contribution >= 0.6 is 11.6 Å². The molecule has 1 unspecified atom stereocenters. The second kappa shape index (κ2) is 27.8. The molecule has 0 spiro atoms. The Balaban J connectivity index is 1.41. The maximum absolute atomic E-state index is 14.6. The zero-order valence-electron chi connectivity index (χ0n) is 41.4. The van der Waals surface area contributed by atoms with E-state index in [0.29, 0.717) is 42.0 Å². The number of carbonyl (C=O) groups is 8. The average Bonchev–Trinajstić information content (AvgIpc) is 3.86. The lowest BCUT2D eigenvalue weighted by molar-refractivity contribution is -0.142. The topological polar surface area (TPSA) is 315 Å². The molecule has 12 N–H and O–H groups in total. The van der Waals surface area contributed by atoms with Gasteiger partial charge in [-0.2, -0.15) is 0 Å². The Morgan fingerprint density at radius 3 is 1.89 bits per heavy atom. The van der Waals surface area contributed by atoms with E-state index in [1.165, 1.54) is 24.9 Å². The molecule has 20 nitrogen and oxygen atoms in total. The molecule has 8 amide bonds. The standard InChI is InChI=1S/C52H67ClN12O8/c1-4-5-15-39(46(68)62-40(16-10-25-58-52(55)56)51(73)65-26-11-17-44(65)50(72)59-31(2)45(54)67)61-49(71)43(30-38-14-8-9-24-57-38)64-48(70)42(28-33-19-22-37(53)23-20-33)63-47(69)41(60-32(3)66)29-34-18-21-35-12-6-7-13-36(35)27-34/h6-9,12-14,18-24,27,31,39-44H,4-5,10-11,15-17,25-26,28-30H2,1-3H3,(H2,54,67)(H,59,72)(H,60,66)(H,61,71)(H,62,68)(H,63,69)(H,64,70)(H4,55,56,58)/t31-,39?,40+,41-,42+,43+,44+/m0/s1. The van der Waals surface area contributed by atoms with Crippen LogP contribution in [0, 0.1) is 0 Å². The number of carbonyl (C=O) groups excluding carboxylic acids is 8. The number of nitrogens with zero attached hydrogens (tertiary/aromatic N) is 3. The first kappa shape index (κ1) is 56.3. The van der Waals surface area contributed by atoms with Crippen molar-refractivity contribution < 1.29 is 38.4 Å². The SMILES string of the molecule is CCCCC(NC(=O)[C@@H](Cc1ccccn1)NC(=O)[C@@H](Cc1ccc(Cl)cc1)NC(=O)[C@H](Cc1ccc2ccccc2c1)NC(C)=O)C(=O)N[C@H](CCCN=C(N)N)C(=O)N1CCC[C@@H]1C(=O)N[C@@H](C)C(N)=O. The molecule has 390 valence electrons. The summed E-state index contributed by atoms with van der Waals surface area (Å²) in [5.74, 6) is -5.35. The minimum Gasteiger partial charge on any atom is -0.370 e. The molecule has 7 atom stereocenters. The Morgan fingerprint density at radius 2 is 1.26 bits per heavy atom. The summed E-state index contributed by atoms with van der Waals surface area (Å²) >= 11 is 6.20. The second-order valence-corrected chi connectivity index (χ2v) is 18.6. The van der Waals surface area contributed by atoms with Gasteiger partial charge in [-0.15, -0.1) is 0 Å². The lowest BCUT2D eigenvalue weighted by Crippen LogP contribution is -2.60. The molecule has 1 aliphatic heterocycles. The Bertz CT molecular complexity index is 2600. The van der Waals surface area contributed by atoms with Crippen LogP contribution in [0.5, 0.6) is 0 Å². The number of aromatic nitrogens is 1. The van der Waals surface area contributed by atoms with Crippen molar-refractivity contribution in [3.63, 3.8) is 0 Å². The minimum absolute atomic E-state index is 0.0424. The van der Waals surface area contributed by atoms with Crippen molar-refractivity contribution in [3.8, 4) is 0 Å². The first-order valence-corrected chi connectivity index (χ1v) is 24.9. The fourth-order valence-electron chi connectivity index (χ4n) is 8.47. The molecule has 0 saturated carbocycles. The molecule has 5 rings (SSSR count). The summed E-state index contributed by atoms with van der Waals surface area (Å²) < 4.78 is 0. The highest BCUT2D eigenvalue weighted by atomic mass is 35.5. The highest BCUT2D eigenvalue weighted by Gasteiger charge is 2.39. The molecule has 0 radical (unpaired) electrons. The van der Waals surface area contributed by atoms with E-state index < -0.39 is 89.6 Å².